The van der Waals surface area contributed by atoms with Crippen LogP contribution in [0.15, 0.2) is 97.2 Å². The maximum absolute atomic E-state index is 12.7. The summed E-state index contributed by atoms with van der Waals surface area (Å²) < 4.78 is 22.4. The summed E-state index contributed by atoms with van der Waals surface area (Å²) in [6.45, 7) is 4.48. The van der Waals surface area contributed by atoms with Gasteiger partial charge in [0.1, 0.15) is 13.2 Å². The van der Waals surface area contributed by atoms with Crippen molar-refractivity contribution in [3.05, 3.63) is 97.2 Å². The maximum Gasteiger partial charge on any atom is 0.306 e. The Balaban J connectivity index is 4.40. The minimum Gasteiger partial charge on any atom is -0.545 e. The number of likely N-dealkylation sites (N-methyl/N-ethyl adjacent to an activating group) is 1. The van der Waals surface area contributed by atoms with Gasteiger partial charge in [0.15, 0.2) is 12.4 Å². The smallest absolute Gasteiger partial charge is 0.306 e. The molecular formula is C50H81NO8. The second-order valence-corrected chi connectivity index (χ2v) is 15.6. The maximum atomic E-state index is 12.7. The molecule has 2 unspecified atom stereocenters. The summed E-state index contributed by atoms with van der Waals surface area (Å²) in [5.41, 5.74) is 0. The summed E-state index contributed by atoms with van der Waals surface area (Å²) >= 11 is 0. The first kappa shape index (κ1) is 55.2. The van der Waals surface area contributed by atoms with Gasteiger partial charge in [-0.2, -0.15) is 0 Å². The molecule has 0 aromatic rings. The van der Waals surface area contributed by atoms with Gasteiger partial charge < -0.3 is 33.3 Å². The van der Waals surface area contributed by atoms with Crippen LogP contribution < -0.4 is 5.11 Å². The Bertz CT molecular complexity index is 1280. The van der Waals surface area contributed by atoms with E-state index in [1.54, 1.807) is 0 Å². The number of hydrogen-bond donors (Lipinski definition) is 0. The van der Waals surface area contributed by atoms with Gasteiger partial charge in [-0.05, 0) is 77.0 Å². The van der Waals surface area contributed by atoms with Gasteiger partial charge in [-0.25, -0.2) is 0 Å². The van der Waals surface area contributed by atoms with E-state index in [1.807, 2.05) is 21.1 Å². The number of nitrogens with zero attached hydrogens (tertiary/aromatic N) is 1. The molecule has 2 atom stereocenters. The quantitative estimate of drug-likeness (QED) is 0.0198. The predicted molar refractivity (Wildman–Crippen MR) is 241 cm³/mol. The molecule has 0 saturated carbocycles. The Morgan fingerprint density at radius 2 is 0.966 bits per heavy atom. The molecule has 9 nitrogen and oxygen atoms in total. The number of carboxylic acid groups (broad SMARTS) is 1. The van der Waals surface area contributed by atoms with Crippen LogP contribution >= 0.6 is 0 Å². The molecule has 0 saturated heterocycles. The number of hydrogen-bond acceptors (Lipinski definition) is 8. The predicted octanol–water partition coefficient (Wildman–Crippen LogP) is 10.5. The number of carboxylic acids is 1. The third kappa shape index (κ3) is 42.1. The van der Waals surface area contributed by atoms with Gasteiger partial charge in [-0.1, -0.05) is 150 Å². The highest BCUT2D eigenvalue weighted by Gasteiger charge is 2.21. The first-order chi connectivity index (χ1) is 28.6. The highest BCUT2D eigenvalue weighted by Crippen LogP contribution is 2.11. The highest BCUT2D eigenvalue weighted by atomic mass is 16.7. The van der Waals surface area contributed by atoms with Crippen LogP contribution in [-0.2, 0) is 33.3 Å². The lowest BCUT2D eigenvalue weighted by Gasteiger charge is -2.26. The zero-order valence-corrected chi connectivity index (χ0v) is 37.6. The standard InChI is InChI=1S/C50H81NO8/c1-6-8-10-12-14-15-16-17-18-19-20-21-22-23-24-25-26-27-28-29-30-31-32-33-35-37-39-41-48(53)59-46(44-57-47(52)40-38-36-34-13-11-9-7-2)45-58-50(49(54)55)56-43-42-51(3,4)5/h8,10,14-15,17-18,20-21,23-24,26-27,29-30,32-33,46,50H,6-7,9,11-13,16,19,22,25,28,31,34-45H2,1-5H3/b10-8-,15-14-,18-17-,21-20-,24-23-,27-26-,30-29-,33-32-. The van der Waals surface area contributed by atoms with Crippen molar-refractivity contribution < 1.29 is 42.9 Å². The molecule has 0 N–H and O–H groups in total. The number of esters is 2. The van der Waals surface area contributed by atoms with Gasteiger partial charge in [0.2, 0.25) is 0 Å². The van der Waals surface area contributed by atoms with Crippen LogP contribution in [-0.4, -0.2) is 82.3 Å². The zero-order valence-electron chi connectivity index (χ0n) is 37.6. The minimum absolute atomic E-state index is 0.134. The van der Waals surface area contributed by atoms with Gasteiger partial charge in [-0.15, -0.1) is 0 Å². The normalized spacial score (nSPS) is 13.8. The number of rotatable bonds is 39. The van der Waals surface area contributed by atoms with E-state index in [0.717, 1.165) is 89.9 Å². The Morgan fingerprint density at radius 3 is 1.44 bits per heavy atom. The molecule has 0 amide bonds. The molecule has 9 heteroatoms. The average molecular weight is 824 g/mol. The fourth-order valence-corrected chi connectivity index (χ4v) is 5.37. The molecule has 59 heavy (non-hydrogen) atoms. The van der Waals surface area contributed by atoms with E-state index in [1.165, 1.54) is 19.3 Å². The van der Waals surface area contributed by atoms with Crippen LogP contribution in [0.2, 0.25) is 0 Å². The SMILES string of the molecule is CC/C=C\C/C=C\C/C=C\C/C=C\C/C=C\C/C=C\C/C=C\C/C=C\CCCCC(=O)OC(COC(=O)CCCCCCCCC)COC(OCC[N+](C)(C)C)C(=O)[O-]. The van der Waals surface area contributed by atoms with Gasteiger partial charge in [-0.3, -0.25) is 9.59 Å². The first-order valence-corrected chi connectivity index (χ1v) is 22.4. The van der Waals surface area contributed by atoms with Crippen LogP contribution in [0.4, 0.5) is 0 Å². The third-order valence-electron chi connectivity index (χ3n) is 8.85. The monoisotopic (exact) mass is 824 g/mol. The number of ether oxygens (including phenoxy) is 4. The van der Waals surface area contributed by atoms with E-state index in [4.69, 9.17) is 18.9 Å². The lowest BCUT2D eigenvalue weighted by atomic mass is 10.1. The van der Waals surface area contributed by atoms with Gasteiger partial charge in [0.25, 0.3) is 0 Å². The minimum atomic E-state index is -1.63. The topological polar surface area (TPSA) is 111 Å². The van der Waals surface area contributed by atoms with Crippen LogP contribution in [0.25, 0.3) is 0 Å². The molecule has 0 heterocycles. The Morgan fingerprint density at radius 1 is 0.525 bits per heavy atom. The summed E-state index contributed by atoms with van der Waals surface area (Å²) in [5.74, 6) is -2.37. The molecule has 0 aliphatic rings. The van der Waals surface area contributed by atoms with E-state index in [9.17, 15) is 19.5 Å². The largest absolute Gasteiger partial charge is 0.545 e. The average Bonchev–Trinajstić information content (AvgIpc) is 3.19. The number of aliphatic carboxylic acids is 1. The number of carbonyl (C=O) groups is 3. The summed E-state index contributed by atoms with van der Waals surface area (Å²) in [4.78, 5) is 36.7. The molecule has 0 fully saturated rings. The molecule has 0 aliphatic carbocycles. The Labute approximate surface area is 359 Å². The molecule has 0 radical (unpaired) electrons. The van der Waals surface area contributed by atoms with Crippen molar-refractivity contribution in [2.75, 3.05) is 47.5 Å². The van der Waals surface area contributed by atoms with E-state index >= 15 is 0 Å². The molecule has 0 spiro atoms. The van der Waals surface area contributed by atoms with Crippen molar-refractivity contribution >= 4 is 17.9 Å². The van der Waals surface area contributed by atoms with Crippen molar-refractivity contribution in [1.29, 1.82) is 0 Å². The Hall–Kier alpha value is -3.79. The first-order valence-electron chi connectivity index (χ1n) is 22.4. The van der Waals surface area contributed by atoms with E-state index in [-0.39, 0.29) is 38.6 Å². The van der Waals surface area contributed by atoms with Crippen LogP contribution in [0.1, 0.15) is 142 Å². The summed E-state index contributed by atoms with van der Waals surface area (Å²) in [5, 5.41) is 11.6. The lowest BCUT2D eigenvalue weighted by Crippen LogP contribution is -2.44. The van der Waals surface area contributed by atoms with Crippen LogP contribution in [0.3, 0.4) is 0 Å². The number of unbranched alkanes of at least 4 members (excludes halogenated alkanes) is 8. The van der Waals surface area contributed by atoms with Crippen molar-refractivity contribution in [3.8, 4) is 0 Å². The molecule has 0 aromatic carbocycles. The summed E-state index contributed by atoms with van der Waals surface area (Å²) in [6, 6.07) is 0. The lowest BCUT2D eigenvalue weighted by molar-refractivity contribution is -0.870. The van der Waals surface area contributed by atoms with Gasteiger partial charge >= 0.3 is 11.9 Å². The molecule has 0 aliphatic heterocycles. The summed E-state index contributed by atoms with van der Waals surface area (Å²) in [7, 11) is 5.87. The third-order valence-corrected chi connectivity index (χ3v) is 8.85. The van der Waals surface area contributed by atoms with Crippen molar-refractivity contribution in [3.63, 3.8) is 0 Å². The van der Waals surface area contributed by atoms with Crippen LogP contribution in [0.5, 0.6) is 0 Å². The van der Waals surface area contributed by atoms with Crippen molar-refractivity contribution in [2.45, 2.75) is 155 Å². The van der Waals surface area contributed by atoms with Gasteiger partial charge in [0, 0.05) is 12.8 Å². The number of carbonyl (C=O) groups excluding carboxylic acids is 3. The highest BCUT2D eigenvalue weighted by molar-refractivity contribution is 5.70. The fourth-order valence-electron chi connectivity index (χ4n) is 5.37. The molecule has 0 bridgehead atoms. The van der Waals surface area contributed by atoms with Crippen molar-refractivity contribution in [2.24, 2.45) is 0 Å². The van der Waals surface area contributed by atoms with E-state index in [0.29, 0.717) is 17.4 Å². The number of allylic oxidation sites excluding steroid dienone is 16. The number of quaternary nitrogens is 1. The second-order valence-electron chi connectivity index (χ2n) is 15.6. The van der Waals surface area contributed by atoms with Crippen molar-refractivity contribution in [1.82, 2.24) is 0 Å². The fraction of sp³-hybridized carbons (Fsp3) is 0.620. The molecule has 0 rings (SSSR count). The van der Waals surface area contributed by atoms with E-state index < -0.39 is 24.3 Å². The molecular weight excluding hydrogens is 743 g/mol. The molecule has 334 valence electrons. The zero-order chi connectivity index (χ0) is 43.5. The Kier molecular flexibility index (Phi) is 38.3. The van der Waals surface area contributed by atoms with E-state index in [2.05, 4.69) is 111 Å². The van der Waals surface area contributed by atoms with Crippen LogP contribution in [0, 0.1) is 0 Å². The molecule has 0 aromatic heterocycles. The van der Waals surface area contributed by atoms with Gasteiger partial charge in [0.05, 0.1) is 40.3 Å². The summed E-state index contributed by atoms with van der Waals surface area (Å²) in [6.07, 6.45) is 50.4. The second kappa shape index (κ2) is 41.0.